The molecule has 2 bridgehead atoms. The Morgan fingerprint density at radius 3 is 3.00 bits per heavy atom. The van der Waals surface area contributed by atoms with Crippen LogP contribution in [0.1, 0.15) is 31.7 Å². The van der Waals surface area contributed by atoms with Crippen LogP contribution >= 0.6 is 0 Å². The van der Waals surface area contributed by atoms with Crippen molar-refractivity contribution in [2.24, 2.45) is 5.92 Å². The molecule has 1 aliphatic heterocycles. The summed E-state index contributed by atoms with van der Waals surface area (Å²) in [4.78, 5) is 27.6. The second-order valence-corrected chi connectivity index (χ2v) is 5.38. The van der Waals surface area contributed by atoms with Crippen molar-refractivity contribution in [2.45, 2.75) is 37.8 Å². The molecular formula is C13H18N4O2. The topological polar surface area (TPSA) is 76.0 Å². The van der Waals surface area contributed by atoms with Crippen LogP contribution in [0.15, 0.2) is 17.1 Å². The Hall–Kier alpha value is -1.85. The summed E-state index contributed by atoms with van der Waals surface area (Å²) in [5, 5.41) is 5.86. The lowest BCUT2D eigenvalue weighted by molar-refractivity contribution is -0.126. The fourth-order valence-electron chi connectivity index (χ4n) is 3.25. The fraction of sp³-hybridized carbons (Fsp3) is 0.615. The minimum atomic E-state index is -0.255. The van der Waals surface area contributed by atoms with E-state index in [0.717, 1.165) is 19.3 Å². The van der Waals surface area contributed by atoms with Crippen molar-refractivity contribution in [3.05, 3.63) is 22.7 Å². The zero-order chi connectivity index (χ0) is 13.4. The van der Waals surface area contributed by atoms with Crippen LogP contribution in [0.25, 0.3) is 0 Å². The largest absolute Gasteiger partial charge is 0.373 e. The Labute approximate surface area is 111 Å². The van der Waals surface area contributed by atoms with Gasteiger partial charge in [-0.25, -0.2) is 4.79 Å². The van der Waals surface area contributed by atoms with Crippen molar-refractivity contribution in [3.63, 3.8) is 0 Å². The zero-order valence-corrected chi connectivity index (χ0v) is 10.9. The lowest BCUT2D eigenvalue weighted by Gasteiger charge is -2.40. The van der Waals surface area contributed by atoms with Gasteiger partial charge in [0, 0.05) is 25.7 Å². The highest BCUT2D eigenvalue weighted by molar-refractivity contribution is 5.77. The Morgan fingerprint density at radius 2 is 2.26 bits per heavy atom. The molecule has 1 aromatic heterocycles. The van der Waals surface area contributed by atoms with Crippen molar-refractivity contribution >= 4 is 11.7 Å². The second kappa shape index (κ2) is 4.68. The Balaban J connectivity index is 1.89. The Bertz CT molecular complexity index is 554. The van der Waals surface area contributed by atoms with Crippen molar-refractivity contribution < 1.29 is 4.79 Å². The number of aromatic nitrogens is 2. The SMILES string of the molecule is CNc1ccn([C@H]2CC[C@H]3CC(=O)N[C@H]2C3)c(=O)n1. The predicted octanol–water partition coefficient (Wildman–Crippen LogP) is 0.515. The summed E-state index contributed by atoms with van der Waals surface area (Å²) in [5.41, 5.74) is -0.255. The molecule has 6 heteroatoms. The third-order valence-electron chi connectivity index (χ3n) is 4.19. The number of rotatable bonds is 2. The number of hydrogen-bond acceptors (Lipinski definition) is 4. The third-order valence-corrected chi connectivity index (χ3v) is 4.19. The Kier molecular flexibility index (Phi) is 3.00. The van der Waals surface area contributed by atoms with E-state index in [2.05, 4.69) is 15.6 Å². The van der Waals surface area contributed by atoms with E-state index < -0.39 is 0 Å². The summed E-state index contributed by atoms with van der Waals surface area (Å²) in [6.45, 7) is 0. The summed E-state index contributed by atoms with van der Waals surface area (Å²) in [5.74, 6) is 1.16. The van der Waals surface area contributed by atoms with Crippen molar-refractivity contribution in [3.8, 4) is 0 Å². The predicted molar refractivity (Wildman–Crippen MR) is 71.0 cm³/mol. The number of hydrogen-bond donors (Lipinski definition) is 2. The smallest absolute Gasteiger partial charge is 0.349 e. The normalized spacial score (nSPS) is 29.7. The molecule has 6 nitrogen and oxygen atoms in total. The monoisotopic (exact) mass is 262 g/mol. The highest BCUT2D eigenvalue weighted by Crippen LogP contribution is 2.36. The minimum Gasteiger partial charge on any atom is -0.373 e. The molecule has 0 aromatic carbocycles. The lowest BCUT2D eigenvalue weighted by atomic mass is 9.77. The fourth-order valence-corrected chi connectivity index (χ4v) is 3.25. The van der Waals surface area contributed by atoms with E-state index >= 15 is 0 Å². The van der Waals surface area contributed by atoms with Crippen LogP contribution in [0, 0.1) is 5.92 Å². The summed E-state index contributed by atoms with van der Waals surface area (Å²) < 4.78 is 1.66. The lowest BCUT2D eigenvalue weighted by Crippen LogP contribution is -2.51. The van der Waals surface area contributed by atoms with Crippen LogP contribution in [0.2, 0.25) is 0 Å². The van der Waals surface area contributed by atoms with Gasteiger partial charge >= 0.3 is 5.69 Å². The van der Waals surface area contributed by atoms with Crippen molar-refractivity contribution in [2.75, 3.05) is 12.4 Å². The van der Waals surface area contributed by atoms with E-state index in [1.165, 1.54) is 0 Å². The van der Waals surface area contributed by atoms with E-state index in [1.807, 2.05) is 0 Å². The van der Waals surface area contributed by atoms with Crippen molar-refractivity contribution in [1.82, 2.24) is 14.9 Å². The summed E-state index contributed by atoms with van der Waals surface area (Å²) >= 11 is 0. The molecule has 2 N–H and O–H groups in total. The maximum atomic E-state index is 12.0. The quantitative estimate of drug-likeness (QED) is 0.814. The van der Waals surface area contributed by atoms with Crippen LogP contribution in [0.5, 0.6) is 0 Å². The number of piperidine rings is 1. The van der Waals surface area contributed by atoms with Gasteiger partial charge in [-0.1, -0.05) is 0 Å². The average molecular weight is 262 g/mol. The van der Waals surface area contributed by atoms with Crippen LogP contribution < -0.4 is 16.3 Å². The maximum absolute atomic E-state index is 12.0. The molecule has 3 rings (SSSR count). The molecule has 0 unspecified atom stereocenters. The number of anilines is 1. The average Bonchev–Trinajstić information content (AvgIpc) is 2.39. The molecule has 102 valence electrons. The number of nitrogens with one attached hydrogen (secondary N) is 2. The first kappa shape index (κ1) is 12.2. The molecule has 3 atom stereocenters. The summed E-state index contributed by atoms with van der Waals surface area (Å²) in [7, 11) is 1.73. The van der Waals surface area contributed by atoms with E-state index in [0.29, 0.717) is 18.2 Å². The highest BCUT2D eigenvalue weighted by Gasteiger charge is 2.37. The molecule has 1 aromatic rings. The number of amides is 1. The van der Waals surface area contributed by atoms with Gasteiger partial charge in [0.25, 0.3) is 0 Å². The van der Waals surface area contributed by atoms with Crippen LogP contribution in [-0.4, -0.2) is 28.5 Å². The van der Waals surface area contributed by atoms with Gasteiger partial charge in [-0.3, -0.25) is 9.36 Å². The number of carbonyl (C=O) groups excluding carboxylic acids is 1. The molecule has 1 saturated carbocycles. The van der Waals surface area contributed by atoms with Gasteiger partial charge in [0.05, 0.1) is 6.04 Å². The van der Waals surface area contributed by atoms with Crippen LogP contribution in [0.3, 0.4) is 0 Å². The van der Waals surface area contributed by atoms with E-state index in [1.54, 1.807) is 23.9 Å². The molecule has 0 spiro atoms. The molecule has 19 heavy (non-hydrogen) atoms. The molecule has 2 aliphatic rings. The van der Waals surface area contributed by atoms with Gasteiger partial charge in [-0.05, 0) is 31.2 Å². The highest BCUT2D eigenvalue weighted by atomic mass is 16.2. The molecular weight excluding hydrogens is 244 g/mol. The van der Waals surface area contributed by atoms with Crippen LogP contribution in [-0.2, 0) is 4.79 Å². The second-order valence-electron chi connectivity index (χ2n) is 5.38. The van der Waals surface area contributed by atoms with Gasteiger partial charge in [-0.2, -0.15) is 4.98 Å². The number of nitrogens with zero attached hydrogens (tertiary/aromatic N) is 2. The molecule has 2 heterocycles. The van der Waals surface area contributed by atoms with Gasteiger partial charge in [0.2, 0.25) is 5.91 Å². The zero-order valence-electron chi connectivity index (χ0n) is 10.9. The summed E-state index contributed by atoms with van der Waals surface area (Å²) in [6.07, 6.45) is 5.31. The van der Waals surface area contributed by atoms with Crippen LogP contribution in [0.4, 0.5) is 5.82 Å². The van der Waals surface area contributed by atoms with Gasteiger partial charge in [-0.15, -0.1) is 0 Å². The minimum absolute atomic E-state index is 0.0337. The molecule has 1 saturated heterocycles. The first-order chi connectivity index (χ1) is 9.17. The first-order valence-corrected chi connectivity index (χ1v) is 6.73. The van der Waals surface area contributed by atoms with E-state index in [4.69, 9.17) is 0 Å². The number of carbonyl (C=O) groups is 1. The Morgan fingerprint density at radius 1 is 1.42 bits per heavy atom. The van der Waals surface area contributed by atoms with E-state index in [-0.39, 0.29) is 23.7 Å². The van der Waals surface area contributed by atoms with Gasteiger partial charge in [0.15, 0.2) is 0 Å². The van der Waals surface area contributed by atoms with Gasteiger partial charge < -0.3 is 10.6 Å². The maximum Gasteiger partial charge on any atom is 0.349 e. The summed E-state index contributed by atoms with van der Waals surface area (Å²) in [6, 6.07) is 1.89. The molecule has 1 aliphatic carbocycles. The molecule has 1 amide bonds. The molecule has 0 radical (unpaired) electrons. The van der Waals surface area contributed by atoms with Gasteiger partial charge in [0.1, 0.15) is 5.82 Å². The third kappa shape index (κ3) is 2.22. The first-order valence-electron chi connectivity index (χ1n) is 6.73. The molecule has 2 fully saturated rings. The standard InChI is InChI=1S/C13H18N4O2/c1-14-11-4-5-17(13(19)16-11)10-3-2-8-6-9(10)15-12(18)7-8/h4-5,8-10H,2-3,6-7H2,1H3,(H,15,18)(H,14,16,19)/t8-,9+,10+/m1/s1. The van der Waals surface area contributed by atoms with Crippen molar-refractivity contribution in [1.29, 1.82) is 0 Å². The van der Waals surface area contributed by atoms with E-state index in [9.17, 15) is 9.59 Å². The number of fused-ring (bicyclic) bond motifs is 2.